The highest BCUT2D eigenvalue weighted by molar-refractivity contribution is 5.76. The molecule has 0 aromatic heterocycles. The van der Waals surface area contributed by atoms with Crippen molar-refractivity contribution in [3.63, 3.8) is 0 Å². The highest BCUT2D eigenvalue weighted by atomic mass is 16.7. The van der Waals surface area contributed by atoms with Gasteiger partial charge >= 0.3 is 0 Å². The molecule has 0 radical (unpaired) electrons. The van der Waals surface area contributed by atoms with Gasteiger partial charge in [-0.05, 0) is 96.3 Å². The number of unbranched alkanes of at least 4 members (excludes halogenated alkanes) is 27. The lowest BCUT2D eigenvalue weighted by molar-refractivity contribution is -0.359. The summed E-state index contributed by atoms with van der Waals surface area (Å²) in [6, 6.07) is -0.956. The van der Waals surface area contributed by atoms with E-state index in [2.05, 4.69) is 116 Å². The van der Waals surface area contributed by atoms with Gasteiger partial charge in [0.05, 0.1) is 32.0 Å². The van der Waals surface area contributed by atoms with Gasteiger partial charge in [-0.1, -0.05) is 264 Å². The van der Waals surface area contributed by atoms with Gasteiger partial charge in [0.15, 0.2) is 12.6 Å². The summed E-state index contributed by atoms with van der Waals surface area (Å²) < 4.78 is 22.8. The van der Waals surface area contributed by atoms with Crippen LogP contribution in [0.5, 0.6) is 0 Å². The number of rotatable bonds is 56. The van der Waals surface area contributed by atoms with Crippen LogP contribution in [-0.4, -0.2) is 140 Å². The van der Waals surface area contributed by atoms with Crippen molar-refractivity contribution in [2.75, 3.05) is 19.8 Å². The Labute approximate surface area is 534 Å². The molecule has 88 heavy (non-hydrogen) atoms. The Kier molecular flexibility index (Phi) is 52.8. The first-order valence-electron chi connectivity index (χ1n) is 35.1. The molecule has 2 aliphatic heterocycles. The Balaban J connectivity index is 1.73. The number of hydrogen-bond donors (Lipinski definition) is 9. The minimum Gasteiger partial charge on any atom is -0.394 e. The predicted molar refractivity (Wildman–Crippen MR) is 359 cm³/mol. The molecule has 14 nitrogen and oxygen atoms in total. The molecule has 2 aliphatic rings. The number of aliphatic hydroxyl groups is 8. The molecule has 12 unspecified atom stereocenters. The first kappa shape index (κ1) is 80.7. The van der Waals surface area contributed by atoms with Crippen LogP contribution in [0.25, 0.3) is 0 Å². The molecule has 0 aliphatic carbocycles. The van der Waals surface area contributed by atoms with Crippen LogP contribution >= 0.6 is 0 Å². The Morgan fingerprint density at radius 1 is 0.420 bits per heavy atom. The fraction of sp³-hybridized carbons (Fsp3) is 0.743. The summed E-state index contributed by atoms with van der Waals surface area (Å²) >= 11 is 0. The Morgan fingerprint density at radius 2 is 0.795 bits per heavy atom. The number of allylic oxidation sites excluding steroid dienone is 17. The van der Waals surface area contributed by atoms with Crippen LogP contribution < -0.4 is 5.32 Å². The monoisotopic (exact) mass is 1240 g/mol. The summed E-state index contributed by atoms with van der Waals surface area (Å²) in [6.45, 7) is 2.66. The molecule has 0 aromatic carbocycles. The fourth-order valence-electron chi connectivity index (χ4n) is 10.9. The molecule has 2 rings (SSSR count). The van der Waals surface area contributed by atoms with E-state index >= 15 is 0 Å². The van der Waals surface area contributed by atoms with Gasteiger partial charge in [-0.2, -0.15) is 0 Å². The topological polar surface area (TPSA) is 228 Å². The maximum absolute atomic E-state index is 13.3. The normalized spacial score (nSPS) is 23.8. The van der Waals surface area contributed by atoms with Crippen molar-refractivity contribution in [2.45, 2.75) is 331 Å². The van der Waals surface area contributed by atoms with Gasteiger partial charge in [0.25, 0.3) is 0 Å². The van der Waals surface area contributed by atoms with Gasteiger partial charge < -0.3 is 65.1 Å². The summed E-state index contributed by atoms with van der Waals surface area (Å²) in [5.41, 5.74) is 0. The molecule has 9 N–H and O–H groups in total. The number of carbonyl (C=O) groups is 1. The van der Waals surface area contributed by atoms with Gasteiger partial charge in [0, 0.05) is 6.42 Å². The lowest BCUT2D eigenvalue weighted by Crippen LogP contribution is -2.65. The van der Waals surface area contributed by atoms with E-state index < -0.39 is 86.8 Å². The zero-order valence-electron chi connectivity index (χ0n) is 54.9. The first-order chi connectivity index (χ1) is 43.1. The molecule has 2 fully saturated rings. The van der Waals surface area contributed by atoms with Crippen LogP contribution in [0, 0.1) is 0 Å². The quantitative estimate of drug-likeness (QED) is 0.0204. The molecule has 12 atom stereocenters. The average Bonchev–Trinajstić information content (AvgIpc) is 2.07. The smallest absolute Gasteiger partial charge is 0.220 e. The molecule has 2 saturated heterocycles. The second kappa shape index (κ2) is 57.5. The Morgan fingerprint density at radius 3 is 1.25 bits per heavy atom. The SMILES string of the molecule is CC/C=C\C/C=C\C/C=C\C/C=C\C/C=C\C/C=C\CCCCCCCCC(=O)NC(COC1OC(CO)C(OC2OC(CO)C(O)C(O)C2O)C(O)C1O)C(O)/C=C/CC/C=C/CC/C=C/CCCCCCCCCCCCCCCCCCCCC. The average molecular weight is 1240 g/mol. The molecule has 14 heteroatoms. The third-order valence-electron chi connectivity index (χ3n) is 16.4. The van der Waals surface area contributed by atoms with E-state index in [0.29, 0.717) is 12.8 Å². The molecule has 0 bridgehead atoms. The number of hydrogen-bond acceptors (Lipinski definition) is 13. The van der Waals surface area contributed by atoms with E-state index in [9.17, 15) is 45.6 Å². The van der Waals surface area contributed by atoms with E-state index in [4.69, 9.17) is 18.9 Å². The molecule has 0 saturated carbocycles. The third-order valence-corrected chi connectivity index (χ3v) is 16.4. The summed E-state index contributed by atoms with van der Waals surface area (Å²) in [5, 5.41) is 87.4. The van der Waals surface area contributed by atoms with Crippen LogP contribution in [0.2, 0.25) is 0 Å². The van der Waals surface area contributed by atoms with Crippen molar-refractivity contribution < 1.29 is 64.6 Å². The zero-order valence-corrected chi connectivity index (χ0v) is 54.9. The van der Waals surface area contributed by atoms with Crippen molar-refractivity contribution in [3.8, 4) is 0 Å². The highest BCUT2D eigenvalue weighted by Crippen LogP contribution is 2.30. The van der Waals surface area contributed by atoms with E-state index in [1.165, 1.54) is 122 Å². The predicted octanol–water partition coefficient (Wildman–Crippen LogP) is 14.3. The van der Waals surface area contributed by atoms with Crippen LogP contribution in [0.15, 0.2) is 109 Å². The summed E-state index contributed by atoms with van der Waals surface area (Å²) in [7, 11) is 0. The largest absolute Gasteiger partial charge is 0.394 e. The molecule has 1 amide bonds. The van der Waals surface area contributed by atoms with Crippen molar-refractivity contribution >= 4 is 5.91 Å². The van der Waals surface area contributed by atoms with E-state index in [0.717, 1.165) is 103 Å². The van der Waals surface area contributed by atoms with Crippen molar-refractivity contribution in [1.82, 2.24) is 5.32 Å². The second-order valence-electron chi connectivity index (χ2n) is 24.3. The first-order valence-corrected chi connectivity index (χ1v) is 35.1. The van der Waals surface area contributed by atoms with Crippen LogP contribution in [0.1, 0.15) is 258 Å². The lowest BCUT2D eigenvalue weighted by Gasteiger charge is -2.46. The number of aliphatic hydroxyl groups excluding tert-OH is 8. The molecule has 2 heterocycles. The fourth-order valence-corrected chi connectivity index (χ4v) is 10.9. The Bertz CT molecular complexity index is 1890. The van der Waals surface area contributed by atoms with Crippen molar-refractivity contribution in [3.05, 3.63) is 109 Å². The molecular weight excluding hydrogens is 1110 g/mol. The van der Waals surface area contributed by atoms with E-state index in [-0.39, 0.29) is 18.9 Å². The maximum atomic E-state index is 13.3. The number of nitrogens with one attached hydrogen (secondary N) is 1. The van der Waals surface area contributed by atoms with E-state index in [1.54, 1.807) is 6.08 Å². The van der Waals surface area contributed by atoms with Crippen molar-refractivity contribution in [2.24, 2.45) is 0 Å². The highest BCUT2D eigenvalue weighted by Gasteiger charge is 2.51. The van der Waals surface area contributed by atoms with E-state index in [1.807, 2.05) is 6.08 Å². The maximum Gasteiger partial charge on any atom is 0.220 e. The molecular formula is C74H127NO13. The molecule has 0 spiro atoms. The van der Waals surface area contributed by atoms with Gasteiger partial charge in [-0.25, -0.2) is 0 Å². The van der Waals surface area contributed by atoms with Crippen molar-refractivity contribution in [1.29, 1.82) is 0 Å². The standard InChI is InChI=1S/C74H127NO13/c1-3-5-7-9-11-13-15-17-19-21-23-25-27-29-30-31-32-34-35-37-39-41-43-45-47-49-51-53-55-57-63(78)62(61-85-73-71(84)69(82)72(65(60-77)87-73)88-74-70(83)68(81)67(80)64(59-76)86-74)75-66(79)58-56-54-52-50-48-46-44-42-40-38-36-33-28-26-24-22-20-18-16-14-12-10-8-6-4-2/h6,8,12,14,18,20,24,26,33,36,39-42,47,49,55,57,62-65,67-74,76-78,80-84H,3-5,7,9-11,13,15-17,19,21-23,25,27-32,34-35,37-38,43-46,48,50-54,56,58-61H2,1-2H3,(H,75,79)/b8-6-,14-12-,20-18-,26-24-,36-33-,41-39+,42-40-,49-47+,57-55+. The minimum absolute atomic E-state index is 0.246. The third kappa shape index (κ3) is 41.2. The summed E-state index contributed by atoms with van der Waals surface area (Å²) in [5.74, 6) is -0.271. The number of carbonyl (C=O) groups excluding carboxylic acids is 1. The van der Waals surface area contributed by atoms with Gasteiger partial charge in [0.1, 0.15) is 48.8 Å². The summed E-state index contributed by atoms with van der Waals surface area (Å²) in [4.78, 5) is 13.3. The number of ether oxygens (including phenoxy) is 4. The van der Waals surface area contributed by atoms with Crippen LogP contribution in [-0.2, 0) is 23.7 Å². The lowest BCUT2D eigenvalue weighted by atomic mass is 9.97. The molecule has 506 valence electrons. The minimum atomic E-state index is -1.80. The van der Waals surface area contributed by atoms with Gasteiger partial charge in [-0.15, -0.1) is 0 Å². The molecule has 0 aromatic rings. The Hall–Kier alpha value is -3.35. The zero-order chi connectivity index (χ0) is 63.8. The summed E-state index contributed by atoms with van der Waals surface area (Å²) in [6.07, 6.45) is 65.7. The van der Waals surface area contributed by atoms with Gasteiger partial charge in [0.2, 0.25) is 5.91 Å². The van der Waals surface area contributed by atoms with Gasteiger partial charge in [-0.3, -0.25) is 4.79 Å². The number of amides is 1. The van der Waals surface area contributed by atoms with Crippen LogP contribution in [0.4, 0.5) is 0 Å². The van der Waals surface area contributed by atoms with Crippen LogP contribution in [0.3, 0.4) is 0 Å². The second-order valence-corrected chi connectivity index (χ2v) is 24.3.